The van der Waals surface area contributed by atoms with Crippen molar-refractivity contribution in [3.8, 4) is 11.5 Å². The molecule has 1 aliphatic carbocycles. The van der Waals surface area contributed by atoms with Crippen LogP contribution in [-0.2, 0) is 0 Å². The first-order chi connectivity index (χ1) is 10.2. The first-order valence-electron chi connectivity index (χ1n) is 7.05. The Labute approximate surface area is 122 Å². The molecule has 21 heavy (non-hydrogen) atoms. The van der Waals surface area contributed by atoms with Gasteiger partial charge in [0.1, 0.15) is 0 Å². The van der Waals surface area contributed by atoms with Crippen molar-refractivity contribution in [1.29, 1.82) is 0 Å². The molecule has 1 fully saturated rings. The molecule has 1 aromatic heterocycles. The van der Waals surface area contributed by atoms with Crippen LogP contribution in [0.4, 0.5) is 0 Å². The Morgan fingerprint density at radius 2 is 2.14 bits per heavy atom. The fourth-order valence-electron chi connectivity index (χ4n) is 2.64. The Morgan fingerprint density at radius 1 is 1.33 bits per heavy atom. The number of hydrogen-bond donors (Lipinski definition) is 2. The summed E-state index contributed by atoms with van der Waals surface area (Å²) in [5.41, 5.74) is 1.37. The van der Waals surface area contributed by atoms with Gasteiger partial charge < -0.3 is 14.8 Å². The van der Waals surface area contributed by atoms with E-state index in [9.17, 15) is 9.90 Å². The number of aliphatic hydroxyl groups excluding tert-OH is 1. The number of aliphatic hydroxyl groups is 1. The molecule has 2 aromatic rings. The third-order valence-corrected chi connectivity index (χ3v) is 3.82. The summed E-state index contributed by atoms with van der Waals surface area (Å²) in [7, 11) is 0. The molecular formula is C15H17N3O3. The molecule has 0 spiro atoms. The van der Waals surface area contributed by atoms with Gasteiger partial charge in [0.2, 0.25) is 12.3 Å². The van der Waals surface area contributed by atoms with E-state index in [1.165, 1.54) is 6.39 Å². The fraction of sp³-hybridized carbons (Fsp3) is 0.400. The van der Waals surface area contributed by atoms with E-state index in [-0.39, 0.29) is 12.0 Å². The Morgan fingerprint density at radius 3 is 2.76 bits per heavy atom. The summed E-state index contributed by atoms with van der Waals surface area (Å²) < 4.78 is 5.10. The van der Waals surface area contributed by atoms with Crippen molar-refractivity contribution in [2.75, 3.05) is 6.54 Å². The van der Waals surface area contributed by atoms with Gasteiger partial charge >= 0.3 is 0 Å². The summed E-state index contributed by atoms with van der Waals surface area (Å²) in [5.74, 6) is 0.706. The maximum Gasteiger partial charge on any atom is 0.251 e. The highest BCUT2D eigenvalue weighted by atomic mass is 16.4. The number of nitrogens with one attached hydrogen (secondary N) is 1. The van der Waals surface area contributed by atoms with Crippen molar-refractivity contribution in [2.24, 2.45) is 5.92 Å². The van der Waals surface area contributed by atoms with E-state index in [4.69, 9.17) is 4.42 Å². The molecule has 2 N–H and O–H groups in total. The number of benzene rings is 1. The van der Waals surface area contributed by atoms with Crippen molar-refractivity contribution >= 4 is 5.91 Å². The minimum atomic E-state index is -0.208. The molecule has 1 amide bonds. The number of amides is 1. The summed E-state index contributed by atoms with van der Waals surface area (Å²) in [6, 6.07) is 7.03. The lowest BCUT2D eigenvalue weighted by Crippen LogP contribution is -2.28. The van der Waals surface area contributed by atoms with E-state index in [2.05, 4.69) is 15.5 Å². The Kier molecular flexibility index (Phi) is 3.96. The number of aromatic nitrogens is 2. The van der Waals surface area contributed by atoms with Crippen LogP contribution in [-0.4, -0.2) is 33.9 Å². The average Bonchev–Trinajstić information content (AvgIpc) is 3.16. The van der Waals surface area contributed by atoms with Crippen molar-refractivity contribution in [2.45, 2.75) is 25.4 Å². The number of carbonyl (C=O) groups is 1. The van der Waals surface area contributed by atoms with E-state index in [0.717, 1.165) is 24.8 Å². The topological polar surface area (TPSA) is 88.2 Å². The van der Waals surface area contributed by atoms with Crippen LogP contribution in [0.1, 0.15) is 29.6 Å². The van der Waals surface area contributed by atoms with Gasteiger partial charge in [-0.15, -0.1) is 10.2 Å². The van der Waals surface area contributed by atoms with Crippen LogP contribution in [0.25, 0.3) is 11.5 Å². The molecule has 6 nitrogen and oxygen atoms in total. The maximum atomic E-state index is 12.1. The van der Waals surface area contributed by atoms with Crippen LogP contribution in [0.2, 0.25) is 0 Å². The molecule has 1 heterocycles. The smallest absolute Gasteiger partial charge is 0.251 e. The second kappa shape index (κ2) is 6.05. The largest absolute Gasteiger partial charge is 0.423 e. The Bertz CT molecular complexity index is 595. The summed E-state index contributed by atoms with van der Waals surface area (Å²) in [4.78, 5) is 12.1. The van der Waals surface area contributed by atoms with Gasteiger partial charge in [0.05, 0.1) is 6.10 Å². The maximum absolute atomic E-state index is 12.1. The lowest BCUT2D eigenvalue weighted by Gasteiger charge is -2.11. The van der Waals surface area contributed by atoms with Gasteiger partial charge in [-0.2, -0.15) is 0 Å². The predicted octanol–water partition coefficient (Wildman–Crippen LogP) is 1.63. The van der Waals surface area contributed by atoms with Gasteiger partial charge in [-0.25, -0.2) is 0 Å². The molecule has 0 aliphatic heterocycles. The van der Waals surface area contributed by atoms with Crippen LogP contribution in [0.15, 0.2) is 35.1 Å². The first-order valence-corrected chi connectivity index (χ1v) is 7.05. The van der Waals surface area contributed by atoms with E-state index >= 15 is 0 Å². The monoisotopic (exact) mass is 287 g/mol. The van der Waals surface area contributed by atoms with Gasteiger partial charge in [0.15, 0.2) is 0 Å². The SMILES string of the molecule is O=C(NCC1CCC(O)C1)c1ccc(-c2nnco2)cc1. The molecule has 1 saturated carbocycles. The number of hydrogen-bond acceptors (Lipinski definition) is 5. The zero-order valence-electron chi connectivity index (χ0n) is 11.5. The van der Waals surface area contributed by atoms with Crippen LogP contribution in [0.5, 0.6) is 0 Å². The zero-order valence-corrected chi connectivity index (χ0v) is 11.5. The van der Waals surface area contributed by atoms with Crippen molar-refractivity contribution in [3.05, 3.63) is 36.2 Å². The molecule has 1 aromatic carbocycles. The summed E-state index contributed by atoms with van der Waals surface area (Å²) in [6.45, 7) is 0.612. The average molecular weight is 287 g/mol. The normalized spacial score (nSPS) is 21.4. The van der Waals surface area contributed by atoms with E-state index in [1.807, 2.05) is 0 Å². The highest BCUT2D eigenvalue weighted by Crippen LogP contribution is 2.24. The molecule has 2 atom stereocenters. The van der Waals surface area contributed by atoms with Crippen LogP contribution < -0.4 is 5.32 Å². The lowest BCUT2D eigenvalue weighted by molar-refractivity contribution is 0.0945. The van der Waals surface area contributed by atoms with Crippen LogP contribution in [0.3, 0.4) is 0 Å². The Hall–Kier alpha value is -2.21. The van der Waals surface area contributed by atoms with E-state index in [0.29, 0.717) is 23.9 Å². The molecule has 110 valence electrons. The molecular weight excluding hydrogens is 270 g/mol. The second-order valence-electron chi connectivity index (χ2n) is 5.36. The van der Waals surface area contributed by atoms with Gasteiger partial charge in [-0.1, -0.05) is 0 Å². The van der Waals surface area contributed by atoms with Crippen LogP contribution in [0, 0.1) is 5.92 Å². The molecule has 0 bridgehead atoms. The van der Waals surface area contributed by atoms with Gasteiger partial charge in [-0.3, -0.25) is 4.79 Å². The fourth-order valence-corrected chi connectivity index (χ4v) is 2.64. The highest BCUT2D eigenvalue weighted by Gasteiger charge is 2.23. The summed E-state index contributed by atoms with van der Waals surface area (Å²) in [5, 5.41) is 19.8. The molecule has 2 unspecified atom stereocenters. The zero-order chi connectivity index (χ0) is 14.7. The molecule has 0 saturated heterocycles. The third-order valence-electron chi connectivity index (χ3n) is 3.82. The third kappa shape index (κ3) is 3.28. The van der Waals surface area contributed by atoms with Crippen molar-refractivity contribution in [3.63, 3.8) is 0 Å². The lowest BCUT2D eigenvalue weighted by atomic mass is 10.1. The predicted molar refractivity (Wildman–Crippen MR) is 75.4 cm³/mol. The number of carbonyl (C=O) groups excluding carboxylic acids is 1. The first kappa shape index (κ1) is 13.8. The minimum absolute atomic E-state index is 0.103. The molecule has 0 radical (unpaired) electrons. The van der Waals surface area contributed by atoms with Crippen molar-refractivity contribution in [1.82, 2.24) is 15.5 Å². The molecule has 3 rings (SSSR count). The standard InChI is InChI=1S/C15H17N3O3/c19-13-6-1-10(7-13)8-16-14(20)11-2-4-12(5-3-11)15-18-17-9-21-15/h2-5,9-10,13,19H,1,6-8H2,(H,16,20). The number of nitrogens with zero attached hydrogens (tertiary/aromatic N) is 2. The Balaban J connectivity index is 1.57. The van der Waals surface area contributed by atoms with Gasteiger partial charge in [0.25, 0.3) is 5.91 Å². The van der Waals surface area contributed by atoms with Crippen LogP contribution >= 0.6 is 0 Å². The van der Waals surface area contributed by atoms with E-state index < -0.39 is 0 Å². The van der Waals surface area contributed by atoms with Crippen molar-refractivity contribution < 1.29 is 14.3 Å². The molecule has 6 heteroatoms. The number of rotatable bonds is 4. The summed E-state index contributed by atoms with van der Waals surface area (Å²) >= 11 is 0. The van der Waals surface area contributed by atoms with E-state index in [1.54, 1.807) is 24.3 Å². The van der Waals surface area contributed by atoms with Gasteiger partial charge in [0, 0.05) is 17.7 Å². The minimum Gasteiger partial charge on any atom is -0.423 e. The summed E-state index contributed by atoms with van der Waals surface area (Å²) in [6.07, 6.45) is 3.64. The van der Waals surface area contributed by atoms with Gasteiger partial charge in [-0.05, 0) is 49.4 Å². The highest BCUT2D eigenvalue weighted by molar-refractivity contribution is 5.94. The quantitative estimate of drug-likeness (QED) is 0.892. The second-order valence-corrected chi connectivity index (χ2v) is 5.36. The molecule has 1 aliphatic rings.